The van der Waals surface area contributed by atoms with Gasteiger partial charge in [-0.15, -0.1) is 0 Å². The highest BCUT2D eigenvalue weighted by Crippen LogP contribution is 2.38. The summed E-state index contributed by atoms with van der Waals surface area (Å²) < 4.78 is 15.3. The van der Waals surface area contributed by atoms with E-state index >= 15 is 0 Å². The lowest BCUT2D eigenvalue weighted by Crippen LogP contribution is -2.04. The Bertz CT molecular complexity index is 425. The Labute approximate surface area is 99.2 Å². The predicted molar refractivity (Wildman–Crippen MR) is 62.2 cm³/mol. The lowest BCUT2D eigenvalue weighted by atomic mass is 10.1. The number of hydrogen-bond acceptors (Lipinski definition) is 5. The van der Waals surface area contributed by atoms with E-state index in [-0.39, 0.29) is 5.56 Å². The van der Waals surface area contributed by atoms with Crippen LogP contribution in [0.25, 0.3) is 0 Å². The van der Waals surface area contributed by atoms with Gasteiger partial charge < -0.3 is 19.3 Å². The van der Waals surface area contributed by atoms with Crippen LogP contribution < -0.4 is 14.2 Å². The molecule has 0 aliphatic carbocycles. The minimum Gasteiger partial charge on any atom is -0.505 e. The molecule has 0 heterocycles. The molecule has 0 spiro atoms. The molecule has 1 aromatic rings. The Morgan fingerprint density at radius 1 is 1.12 bits per heavy atom. The zero-order valence-corrected chi connectivity index (χ0v) is 9.94. The molecule has 0 amide bonds. The second kappa shape index (κ2) is 5.25. The molecule has 5 heteroatoms. The third-order valence-corrected chi connectivity index (χ3v) is 2.19. The molecule has 5 nitrogen and oxygen atoms in total. The van der Waals surface area contributed by atoms with Crippen LogP contribution in [0.3, 0.4) is 0 Å². The van der Waals surface area contributed by atoms with Crippen molar-refractivity contribution in [1.82, 2.24) is 0 Å². The number of Topliss-reactive ketones (excluding diaryl/α,β-unsaturated/α-hetero) is 1. The van der Waals surface area contributed by atoms with Crippen molar-refractivity contribution in [2.75, 3.05) is 21.3 Å². The van der Waals surface area contributed by atoms with Crippen molar-refractivity contribution >= 4 is 5.78 Å². The quantitative estimate of drug-likeness (QED) is 0.482. The van der Waals surface area contributed by atoms with E-state index in [1.807, 2.05) is 0 Å². The number of ether oxygens (including phenoxy) is 3. The summed E-state index contributed by atoms with van der Waals surface area (Å²) in [7, 11) is 4.35. The van der Waals surface area contributed by atoms with Crippen molar-refractivity contribution in [3.05, 3.63) is 30.0 Å². The van der Waals surface area contributed by atoms with Crippen LogP contribution >= 0.6 is 0 Å². The minimum absolute atomic E-state index is 0.215. The predicted octanol–water partition coefficient (Wildman–Crippen LogP) is 1.97. The van der Waals surface area contributed by atoms with Crippen LogP contribution in [0.2, 0.25) is 0 Å². The molecule has 0 fully saturated rings. The van der Waals surface area contributed by atoms with Gasteiger partial charge in [-0.3, -0.25) is 4.79 Å². The topological polar surface area (TPSA) is 65.0 Å². The fourth-order valence-corrected chi connectivity index (χ4v) is 1.38. The Kier molecular flexibility index (Phi) is 3.98. The van der Waals surface area contributed by atoms with Gasteiger partial charge in [0.1, 0.15) is 0 Å². The van der Waals surface area contributed by atoms with Gasteiger partial charge in [-0.25, -0.2) is 0 Å². The Balaban J connectivity index is 3.37. The highest BCUT2D eigenvalue weighted by Gasteiger charge is 2.18. The SMILES string of the molecule is C=C(O)C(=O)c1cc(OC)c(OC)c(OC)c1. The molecule has 0 aliphatic heterocycles. The largest absolute Gasteiger partial charge is 0.505 e. The van der Waals surface area contributed by atoms with Crippen LogP contribution in [0.4, 0.5) is 0 Å². The Morgan fingerprint density at radius 3 is 1.88 bits per heavy atom. The van der Waals surface area contributed by atoms with E-state index in [0.29, 0.717) is 17.2 Å². The third-order valence-electron chi connectivity index (χ3n) is 2.19. The molecule has 0 saturated carbocycles. The number of aliphatic hydroxyl groups excluding tert-OH is 1. The van der Waals surface area contributed by atoms with Crippen LogP contribution in [0, 0.1) is 0 Å². The van der Waals surface area contributed by atoms with Gasteiger partial charge in [-0.1, -0.05) is 6.58 Å². The van der Waals surface area contributed by atoms with Gasteiger partial charge in [0, 0.05) is 5.56 Å². The van der Waals surface area contributed by atoms with E-state index in [9.17, 15) is 4.79 Å². The van der Waals surface area contributed by atoms with Crippen LogP contribution in [-0.2, 0) is 0 Å². The number of rotatable bonds is 5. The maximum absolute atomic E-state index is 11.6. The number of hydrogen-bond donors (Lipinski definition) is 1. The van der Waals surface area contributed by atoms with Crippen molar-refractivity contribution in [3.8, 4) is 17.2 Å². The molecule has 0 atom stereocenters. The van der Waals surface area contributed by atoms with E-state index in [4.69, 9.17) is 19.3 Å². The molecule has 0 unspecified atom stereocenters. The first kappa shape index (κ1) is 12.9. The Morgan fingerprint density at radius 2 is 1.59 bits per heavy atom. The minimum atomic E-state index is -0.593. The maximum atomic E-state index is 11.6. The van der Waals surface area contributed by atoms with E-state index in [1.165, 1.54) is 33.5 Å². The molecule has 0 bridgehead atoms. The molecule has 1 rings (SSSR count). The summed E-state index contributed by atoms with van der Waals surface area (Å²) in [6.07, 6.45) is 0. The van der Waals surface area contributed by atoms with E-state index in [2.05, 4.69) is 6.58 Å². The van der Waals surface area contributed by atoms with Gasteiger partial charge in [0.25, 0.3) is 0 Å². The average Bonchev–Trinajstić information content (AvgIpc) is 2.35. The summed E-state index contributed by atoms with van der Waals surface area (Å²) in [4.78, 5) is 11.6. The second-order valence-electron chi connectivity index (χ2n) is 3.19. The fourth-order valence-electron chi connectivity index (χ4n) is 1.38. The lowest BCUT2D eigenvalue weighted by molar-refractivity contribution is 0.0978. The molecule has 0 radical (unpaired) electrons. The van der Waals surface area contributed by atoms with E-state index < -0.39 is 11.5 Å². The number of carbonyl (C=O) groups excluding carboxylic acids is 1. The summed E-state index contributed by atoms with van der Waals surface area (Å²) in [5.74, 6) is -0.0634. The smallest absolute Gasteiger partial charge is 0.226 e. The van der Waals surface area contributed by atoms with Gasteiger partial charge in [-0.05, 0) is 12.1 Å². The normalized spacial score (nSPS) is 9.59. The van der Waals surface area contributed by atoms with Crippen molar-refractivity contribution in [2.24, 2.45) is 0 Å². The van der Waals surface area contributed by atoms with Crippen molar-refractivity contribution < 1.29 is 24.1 Å². The van der Waals surface area contributed by atoms with E-state index in [1.54, 1.807) is 0 Å². The van der Waals surface area contributed by atoms with Gasteiger partial charge in [0.2, 0.25) is 11.5 Å². The van der Waals surface area contributed by atoms with Crippen LogP contribution in [0.15, 0.2) is 24.5 Å². The molecule has 0 saturated heterocycles. The average molecular weight is 238 g/mol. The number of carbonyl (C=O) groups is 1. The van der Waals surface area contributed by atoms with Crippen molar-refractivity contribution in [2.45, 2.75) is 0 Å². The molecular formula is C12H14O5. The highest BCUT2D eigenvalue weighted by atomic mass is 16.5. The summed E-state index contributed by atoms with van der Waals surface area (Å²) in [5, 5.41) is 9.07. The first-order chi connectivity index (χ1) is 8.04. The molecule has 1 N–H and O–H groups in total. The van der Waals surface area contributed by atoms with Crippen molar-refractivity contribution in [3.63, 3.8) is 0 Å². The zero-order valence-electron chi connectivity index (χ0n) is 9.94. The number of aliphatic hydroxyl groups is 1. The van der Waals surface area contributed by atoms with E-state index in [0.717, 1.165) is 0 Å². The number of benzene rings is 1. The molecule has 92 valence electrons. The fraction of sp³-hybridized carbons (Fsp3) is 0.250. The Hall–Kier alpha value is -2.17. The first-order valence-electron chi connectivity index (χ1n) is 4.77. The van der Waals surface area contributed by atoms with Crippen LogP contribution in [-0.4, -0.2) is 32.2 Å². The van der Waals surface area contributed by atoms with Crippen LogP contribution in [0.1, 0.15) is 10.4 Å². The summed E-state index contributed by atoms with van der Waals surface area (Å²) in [6.45, 7) is 3.18. The second-order valence-corrected chi connectivity index (χ2v) is 3.19. The van der Waals surface area contributed by atoms with Crippen molar-refractivity contribution in [1.29, 1.82) is 0 Å². The van der Waals surface area contributed by atoms with Gasteiger partial charge in [-0.2, -0.15) is 0 Å². The monoisotopic (exact) mass is 238 g/mol. The zero-order chi connectivity index (χ0) is 13.0. The molecule has 0 aliphatic rings. The summed E-state index contributed by atoms with van der Waals surface area (Å²) in [6, 6.07) is 2.90. The van der Waals surface area contributed by atoms with Gasteiger partial charge in [0.15, 0.2) is 17.3 Å². The lowest BCUT2D eigenvalue weighted by Gasteiger charge is -2.13. The molecule has 17 heavy (non-hydrogen) atoms. The third kappa shape index (κ3) is 2.50. The number of ketones is 1. The summed E-state index contributed by atoms with van der Waals surface area (Å²) >= 11 is 0. The standard InChI is InChI=1S/C12H14O5/c1-7(13)11(14)8-5-9(15-2)12(17-4)10(6-8)16-3/h5-6,13H,1H2,2-4H3. The van der Waals surface area contributed by atoms with Gasteiger partial charge in [0.05, 0.1) is 21.3 Å². The molecular weight excluding hydrogens is 224 g/mol. The highest BCUT2D eigenvalue weighted by molar-refractivity contribution is 6.07. The first-order valence-corrected chi connectivity index (χ1v) is 4.77. The number of methoxy groups -OCH3 is 3. The molecule has 0 aromatic heterocycles. The maximum Gasteiger partial charge on any atom is 0.226 e. The molecule has 1 aromatic carbocycles. The van der Waals surface area contributed by atoms with Crippen LogP contribution in [0.5, 0.6) is 17.2 Å². The van der Waals surface area contributed by atoms with Gasteiger partial charge >= 0.3 is 0 Å². The number of allylic oxidation sites excluding steroid dienone is 1. The summed E-state index contributed by atoms with van der Waals surface area (Å²) in [5.41, 5.74) is 0.215.